The third-order valence-electron chi connectivity index (χ3n) is 2.28. The molecule has 1 N–H and O–H groups in total. The number of methoxy groups -OCH3 is 1. The van der Waals surface area contributed by atoms with Gasteiger partial charge >= 0.3 is 0 Å². The van der Waals surface area contributed by atoms with Crippen molar-refractivity contribution in [2.24, 2.45) is 0 Å². The van der Waals surface area contributed by atoms with Gasteiger partial charge in [0.25, 0.3) is 10.2 Å². The van der Waals surface area contributed by atoms with Gasteiger partial charge in [0.15, 0.2) is 0 Å². The summed E-state index contributed by atoms with van der Waals surface area (Å²) in [5.41, 5.74) is 0.883. The molecule has 1 aromatic rings. The lowest BCUT2D eigenvalue weighted by molar-refractivity contribution is 0.412. The van der Waals surface area contributed by atoms with E-state index in [0.29, 0.717) is 13.1 Å². The summed E-state index contributed by atoms with van der Waals surface area (Å²) in [6, 6.07) is 7.34. The molecule has 0 amide bonds. The second-order valence-electron chi connectivity index (χ2n) is 3.61. The first kappa shape index (κ1) is 14.0. The third-order valence-corrected chi connectivity index (χ3v) is 3.88. The van der Waals surface area contributed by atoms with Crippen LogP contribution >= 0.6 is 0 Å². The summed E-state index contributed by atoms with van der Waals surface area (Å²) in [4.78, 5) is 0. The molecule has 0 saturated carbocycles. The molecular weight excluding hydrogens is 240 g/mol. The highest BCUT2D eigenvalue weighted by atomic mass is 32.2. The van der Waals surface area contributed by atoms with E-state index in [1.165, 1.54) is 11.4 Å². The molecule has 0 fully saturated rings. The van der Waals surface area contributed by atoms with Gasteiger partial charge in [-0.25, -0.2) is 4.72 Å². The minimum absolute atomic E-state index is 0.312. The lowest BCUT2D eigenvalue weighted by Gasteiger charge is -2.17. The summed E-state index contributed by atoms with van der Waals surface area (Å²) in [6.07, 6.45) is 0. The number of hydrogen-bond acceptors (Lipinski definition) is 3. The number of ether oxygens (including phenoxy) is 1. The summed E-state index contributed by atoms with van der Waals surface area (Å²) in [5.74, 6) is 0.719. The number of nitrogens with one attached hydrogen (secondary N) is 1. The zero-order chi connectivity index (χ0) is 12.9. The van der Waals surface area contributed by atoms with Crippen LogP contribution in [0.3, 0.4) is 0 Å². The molecule has 0 radical (unpaired) electrons. The Kier molecular flexibility index (Phi) is 4.92. The molecule has 0 saturated heterocycles. The Morgan fingerprint density at radius 2 is 2.12 bits per heavy atom. The van der Waals surface area contributed by atoms with E-state index in [2.05, 4.69) is 4.72 Å². The molecular formula is C11H18N2O3S. The molecule has 0 atom stereocenters. The van der Waals surface area contributed by atoms with E-state index in [-0.39, 0.29) is 0 Å². The standard InChI is InChI=1S/C11H18N2O3S/c1-4-12-17(14,15)13(2)9-10-6-5-7-11(8-10)16-3/h5-8,12H,4,9H2,1-3H3. The molecule has 0 bridgehead atoms. The van der Waals surface area contributed by atoms with E-state index in [0.717, 1.165) is 11.3 Å². The topological polar surface area (TPSA) is 58.6 Å². The SMILES string of the molecule is CCNS(=O)(=O)N(C)Cc1cccc(OC)c1. The Morgan fingerprint density at radius 1 is 1.41 bits per heavy atom. The van der Waals surface area contributed by atoms with Gasteiger partial charge in [-0.1, -0.05) is 19.1 Å². The number of benzene rings is 1. The zero-order valence-corrected chi connectivity index (χ0v) is 11.1. The number of rotatable bonds is 6. The van der Waals surface area contributed by atoms with Crippen LogP contribution in [-0.2, 0) is 16.8 Å². The van der Waals surface area contributed by atoms with E-state index in [1.807, 2.05) is 24.3 Å². The van der Waals surface area contributed by atoms with Gasteiger partial charge < -0.3 is 4.74 Å². The molecule has 96 valence electrons. The van der Waals surface area contributed by atoms with Gasteiger partial charge in [-0.3, -0.25) is 0 Å². The van der Waals surface area contributed by atoms with E-state index < -0.39 is 10.2 Å². The molecule has 0 aliphatic carbocycles. The largest absolute Gasteiger partial charge is 0.497 e. The monoisotopic (exact) mass is 258 g/mol. The van der Waals surface area contributed by atoms with E-state index in [1.54, 1.807) is 14.0 Å². The molecule has 1 aromatic carbocycles. The van der Waals surface area contributed by atoms with Crippen LogP contribution in [0.5, 0.6) is 5.75 Å². The van der Waals surface area contributed by atoms with Gasteiger partial charge in [-0.05, 0) is 17.7 Å². The van der Waals surface area contributed by atoms with Crippen LogP contribution in [0, 0.1) is 0 Å². The summed E-state index contributed by atoms with van der Waals surface area (Å²) in [6.45, 7) is 2.44. The molecule has 1 rings (SSSR count). The van der Waals surface area contributed by atoms with Crippen LogP contribution in [0.4, 0.5) is 0 Å². The van der Waals surface area contributed by atoms with E-state index in [9.17, 15) is 8.42 Å². The highest BCUT2D eigenvalue weighted by molar-refractivity contribution is 7.87. The fourth-order valence-electron chi connectivity index (χ4n) is 1.41. The van der Waals surface area contributed by atoms with Crippen molar-refractivity contribution in [2.45, 2.75) is 13.5 Å². The van der Waals surface area contributed by atoms with Crippen molar-refractivity contribution >= 4 is 10.2 Å². The summed E-state index contributed by atoms with van der Waals surface area (Å²) in [7, 11) is -0.265. The molecule has 6 heteroatoms. The highest BCUT2D eigenvalue weighted by Crippen LogP contribution is 2.14. The lowest BCUT2D eigenvalue weighted by Crippen LogP contribution is -2.37. The quantitative estimate of drug-likeness (QED) is 0.827. The summed E-state index contributed by atoms with van der Waals surface area (Å²) >= 11 is 0. The second kappa shape index (κ2) is 6.00. The second-order valence-corrected chi connectivity index (χ2v) is 5.47. The first-order valence-corrected chi connectivity index (χ1v) is 6.77. The maximum atomic E-state index is 11.7. The Labute approximate surface area is 103 Å². The minimum atomic E-state index is -3.39. The number of hydrogen-bond donors (Lipinski definition) is 1. The molecule has 0 spiro atoms. The normalized spacial score (nSPS) is 11.8. The maximum absolute atomic E-state index is 11.7. The molecule has 5 nitrogen and oxygen atoms in total. The van der Waals surface area contributed by atoms with Gasteiger partial charge in [0, 0.05) is 20.1 Å². The minimum Gasteiger partial charge on any atom is -0.497 e. The van der Waals surface area contributed by atoms with Crippen LogP contribution in [0.1, 0.15) is 12.5 Å². The van der Waals surface area contributed by atoms with Gasteiger partial charge in [-0.2, -0.15) is 12.7 Å². The predicted molar refractivity (Wildman–Crippen MR) is 67.1 cm³/mol. The van der Waals surface area contributed by atoms with Crippen molar-refractivity contribution in [3.05, 3.63) is 29.8 Å². The summed E-state index contributed by atoms with van der Waals surface area (Å²) in [5, 5.41) is 0. The molecule has 0 aliphatic heterocycles. The average molecular weight is 258 g/mol. The van der Waals surface area contributed by atoms with Gasteiger partial charge in [0.2, 0.25) is 0 Å². The van der Waals surface area contributed by atoms with Crippen molar-refractivity contribution < 1.29 is 13.2 Å². The smallest absolute Gasteiger partial charge is 0.279 e. The Bertz CT molecular complexity index is 460. The molecule has 0 unspecified atom stereocenters. The highest BCUT2D eigenvalue weighted by Gasteiger charge is 2.16. The van der Waals surface area contributed by atoms with Gasteiger partial charge in [-0.15, -0.1) is 0 Å². The summed E-state index contributed by atoms with van der Waals surface area (Å²) < 4.78 is 32.1. The van der Waals surface area contributed by atoms with Gasteiger partial charge in [0.05, 0.1) is 7.11 Å². The molecule has 17 heavy (non-hydrogen) atoms. The zero-order valence-electron chi connectivity index (χ0n) is 10.3. The van der Waals surface area contributed by atoms with Crippen LogP contribution in [-0.4, -0.2) is 33.4 Å². The lowest BCUT2D eigenvalue weighted by atomic mass is 10.2. The fraction of sp³-hybridized carbons (Fsp3) is 0.455. The Morgan fingerprint density at radius 3 is 2.71 bits per heavy atom. The number of nitrogens with zero attached hydrogens (tertiary/aromatic N) is 1. The van der Waals surface area contributed by atoms with Gasteiger partial charge in [0.1, 0.15) is 5.75 Å². The van der Waals surface area contributed by atoms with Crippen LogP contribution < -0.4 is 9.46 Å². The van der Waals surface area contributed by atoms with Crippen LogP contribution in [0.2, 0.25) is 0 Å². The fourth-order valence-corrected chi connectivity index (χ4v) is 2.31. The Balaban J connectivity index is 2.77. The molecule has 0 heterocycles. The predicted octanol–water partition coefficient (Wildman–Crippen LogP) is 0.981. The van der Waals surface area contributed by atoms with E-state index in [4.69, 9.17) is 4.74 Å². The maximum Gasteiger partial charge on any atom is 0.279 e. The van der Waals surface area contributed by atoms with Crippen LogP contribution in [0.25, 0.3) is 0 Å². The molecule has 0 aromatic heterocycles. The van der Waals surface area contributed by atoms with Crippen molar-refractivity contribution in [2.75, 3.05) is 20.7 Å². The third kappa shape index (κ3) is 3.99. The average Bonchev–Trinajstić information content (AvgIpc) is 2.29. The van der Waals surface area contributed by atoms with Crippen molar-refractivity contribution in [3.8, 4) is 5.75 Å². The van der Waals surface area contributed by atoms with Crippen molar-refractivity contribution in [1.82, 2.24) is 9.03 Å². The first-order chi connectivity index (χ1) is 7.99. The van der Waals surface area contributed by atoms with E-state index >= 15 is 0 Å². The molecule has 0 aliphatic rings. The van der Waals surface area contributed by atoms with Crippen molar-refractivity contribution in [1.29, 1.82) is 0 Å². The van der Waals surface area contributed by atoms with Crippen molar-refractivity contribution in [3.63, 3.8) is 0 Å². The van der Waals surface area contributed by atoms with Crippen LogP contribution in [0.15, 0.2) is 24.3 Å². The Hall–Kier alpha value is -1.11. The first-order valence-electron chi connectivity index (χ1n) is 5.33.